The number of halogens is 1. The lowest BCUT2D eigenvalue weighted by Crippen LogP contribution is -2.14. The number of thiazole rings is 1. The SMILES string of the molecule is COc1ccc(NC(=O)CSc2nc(CC(=O)Nc3ccc(Br)cc3)cs2)cc1. The van der Waals surface area contributed by atoms with Crippen LogP contribution in [0.15, 0.2) is 62.7 Å². The first-order chi connectivity index (χ1) is 14.0. The van der Waals surface area contributed by atoms with Crippen LogP contribution in [0.5, 0.6) is 5.75 Å². The van der Waals surface area contributed by atoms with Crippen LogP contribution in [0.3, 0.4) is 0 Å². The highest BCUT2D eigenvalue weighted by Crippen LogP contribution is 2.24. The van der Waals surface area contributed by atoms with Crippen LogP contribution in [-0.2, 0) is 16.0 Å². The van der Waals surface area contributed by atoms with Crippen LogP contribution in [0.4, 0.5) is 11.4 Å². The second-order valence-corrected chi connectivity index (χ2v) is 8.90. The summed E-state index contributed by atoms with van der Waals surface area (Å²) in [7, 11) is 1.59. The second kappa shape index (κ2) is 10.4. The van der Waals surface area contributed by atoms with E-state index in [1.54, 1.807) is 31.4 Å². The Labute approximate surface area is 185 Å². The zero-order valence-electron chi connectivity index (χ0n) is 15.5. The van der Waals surface area contributed by atoms with Crippen LogP contribution in [0, 0.1) is 0 Å². The Bertz CT molecular complexity index is 975. The first-order valence-electron chi connectivity index (χ1n) is 8.58. The third-order valence-corrected chi connectivity index (χ3v) is 6.30. The molecule has 29 heavy (non-hydrogen) atoms. The van der Waals surface area contributed by atoms with Crippen LogP contribution in [0.1, 0.15) is 5.69 Å². The molecule has 3 rings (SSSR count). The quantitative estimate of drug-likeness (QED) is 0.441. The van der Waals surface area contributed by atoms with E-state index in [-0.39, 0.29) is 24.0 Å². The van der Waals surface area contributed by atoms with Gasteiger partial charge < -0.3 is 15.4 Å². The highest BCUT2D eigenvalue weighted by atomic mass is 79.9. The Hall–Kier alpha value is -2.36. The number of rotatable bonds is 8. The van der Waals surface area contributed by atoms with Gasteiger partial charge in [0.25, 0.3) is 0 Å². The van der Waals surface area contributed by atoms with Crippen molar-refractivity contribution >= 4 is 62.2 Å². The Morgan fingerprint density at radius 1 is 1.03 bits per heavy atom. The normalized spacial score (nSPS) is 10.4. The Morgan fingerprint density at radius 2 is 1.66 bits per heavy atom. The number of methoxy groups -OCH3 is 1. The number of carbonyl (C=O) groups excluding carboxylic acids is 2. The zero-order chi connectivity index (χ0) is 20.6. The minimum Gasteiger partial charge on any atom is -0.497 e. The van der Waals surface area contributed by atoms with E-state index >= 15 is 0 Å². The lowest BCUT2D eigenvalue weighted by molar-refractivity contribution is -0.116. The van der Waals surface area contributed by atoms with Gasteiger partial charge in [0.1, 0.15) is 5.75 Å². The molecule has 0 aliphatic heterocycles. The maximum atomic E-state index is 12.2. The fourth-order valence-electron chi connectivity index (χ4n) is 2.34. The lowest BCUT2D eigenvalue weighted by Gasteiger charge is -2.05. The Kier molecular flexibility index (Phi) is 7.68. The molecule has 0 spiro atoms. The fraction of sp³-hybridized carbons (Fsp3) is 0.150. The van der Waals surface area contributed by atoms with Crippen molar-refractivity contribution in [2.45, 2.75) is 10.8 Å². The van der Waals surface area contributed by atoms with E-state index < -0.39 is 0 Å². The summed E-state index contributed by atoms with van der Waals surface area (Å²) >= 11 is 6.12. The third kappa shape index (κ3) is 6.88. The standard InChI is InChI=1S/C20H18BrN3O3S2/c1-27-17-8-6-15(7-9-17)23-19(26)12-29-20-24-16(11-28-20)10-18(25)22-14-4-2-13(21)3-5-14/h2-9,11H,10,12H2,1H3,(H,22,25)(H,23,26). The molecule has 1 heterocycles. The van der Waals surface area contributed by atoms with E-state index in [4.69, 9.17) is 4.74 Å². The highest BCUT2D eigenvalue weighted by molar-refractivity contribution is 9.10. The highest BCUT2D eigenvalue weighted by Gasteiger charge is 2.10. The predicted octanol–water partition coefficient (Wildman–Crippen LogP) is 4.83. The van der Waals surface area contributed by atoms with Crippen LogP contribution in [0.2, 0.25) is 0 Å². The van der Waals surface area contributed by atoms with Crippen LogP contribution in [0.25, 0.3) is 0 Å². The number of anilines is 2. The van der Waals surface area contributed by atoms with Gasteiger partial charge in [-0.1, -0.05) is 27.7 Å². The number of thioether (sulfide) groups is 1. The number of hydrogen-bond donors (Lipinski definition) is 2. The molecule has 9 heteroatoms. The first-order valence-corrected chi connectivity index (χ1v) is 11.2. The number of ether oxygens (including phenoxy) is 1. The van der Waals surface area contributed by atoms with Crippen molar-refractivity contribution in [3.8, 4) is 5.75 Å². The van der Waals surface area contributed by atoms with Crippen molar-refractivity contribution in [1.29, 1.82) is 0 Å². The first kappa shape index (κ1) is 21.4. The molecule has 2 N–H and O–H groups in total. The molecule has 2 aromatic carbocycles. The average Bonchev–Trinajstić information content (AvgIpc) is 3.16. The molecule has 0 saturated carbocycles. The van der Waals surface area contributed by atoms with E-state index in [9.17, 15) is 9.59 Å². The summed E-state index contributed by atoms with van der Waals surface area (Å²) in [5.74, 6) is 0.720. The predicted molar refractivity (Wildman–Crippen MR) is 121 cm³/mol. The Balaban J connectivity index is 1.44. The molecule has 0 aliphatic rings. The van der Waals surface area contributed by atoms with Gasteiger partial charge in [0, 0.05) is 21.2 Å². The van der Waals surface area contributed by atoms with Crippen molar-refractivity contribution in [2.75, 3.05) is 23.5 Å². The number of aromatic nitrogens is 1. The molecule has 0 atom stereocenters. The van der Waals surface area contributed by atoms with Gasteiger partial charge in [0.2, 0.25) is 11.8 Å². The molecule has 0 fully saturated rings. The van der Waals surface area contributed by atoms with E-state index in [1.807, 2.05) is 29.6 Å². The molecule has 0 bridgehead atoms. The van der Waals surface area contributed by atoms with Gasteiger partial charge >= 0.3 is 0 Å². The van der Waals surface area contributed by atoms with Gasteiger partial charge in [-0.3, -0.25) is 9.59 Å². The van der Waals surface area contributed by atoms with Crippen molar-refractivity contribution in [3.63, 3.8) is 0 Å². The van der Waals surface area contributed by atoms with Crippen LogP contribution in [-0.4, -0.2) is 29.7 Å². The summed E-state index contributed by atoms with van der Waals surface area (Å²) in [5, 5.41) is 7.50. The molecule has 1 aromatic heterocycles. The lowest BCUT2D eigenvalue weighted by atomic mass is 10.3. The molecule has 6 nitrogen and oxygen atoms in total. The monoisotopic (exact) mass is 491 g/mol. The minimum atomic E-state index is -0.133. The zero-order valence-corrected chi connectivity index (χ0v) is 18.7. The molecule has 0 saturated heterocycles. The summed E-state index contributed by atoms with van der Waals surface area (Å²) in [5.41, 5.74) is 2.13. The average molecular weight is 492 g/mol. The number of nitrogens with zero attached hydrogens (tertiary/aromatic N) is 1. The smallest absolute Gasteiger partial charge is 0.234 e. The molecule has 0 aliphatic carbocycles. The summed E-state index contributed by atoms with van der Waals surface area (Å²) in [6, 6.07) is 14.5. The summed E-state index contributed by atoms with van der Waals surface area (Å²) in [6.45, 7) is 0. The van der Waals surface area contributed by atoms with Crippen molar-refractivity contribution < 1.29 is 14.3 Å². The van der Waals surface area contributed by atoms with Crippen molar-refractivity contribution in [3.05, 3.63) is 64.1 Å². The number of carbonyl (C=O) groups is 2. The topological polar surface area (TPSA) is 80.3 Å². The number of hydrogen-bond acceptors (Lipinski definition) is 6. The van der Waals surface area contributed by atoms with Gasteiger partial charge in [-0.05, 0) is 48.5 Å². The summed E-state index contributed by atoms with van der Waals surface area (Å²) < 4.78 is 6.80. The molecule has 2 amide bonds. The number of amides is 2. The molecule has 0 unspecified atom stereocenters. The maximum absolute atomic E-state index is 12.2. The molecular formula is C20H18BrN3O3S2. The molecule has 150 valence electrons. The molecule has 0 radical (unpaired) electrons. The van der Waals surface area contributed by atoms with E-state index in [2.05, 4.69) is 31.5 Å². The van der Waals surface area contributed by atoms with Crippen molar-refractivity contribution in [2.24, 2.45) is 0 Å². The van der Waals surface area contributed by atoms with Gasteiger partial charge in [-0.15, -0.1) is 11.3 Å². The maximum Gasteiger partial charge on any atom is 0.234 e. The van der Waals surface area contributed by atoms with Crippen molar-refractivity contribution in [1.82, 2.24) is 4.98 Å². The Morgan fingerprint density at radius 3 is 2.31 bits per heavy atom. The van der Waals surface area contributed by atoms with Gasteiger partial charge in [0.05, 0.1) is 25.0 Å². The third-order valence-electron chi connectivity index (χ3n) is 3.70. The van der Waals surface area contributed by atoms with Gasteiger partial charge in [0.15, 0.2) is 4.34 Å². The van der Waals surface area contributed by atoms with E-state index in [1.165, 1.54) is 23.1 Å². The van der Waals surface area contributed by atoms with Gasteiger partial charge in [-0.2, -0.15) is 0 Å². The van der Waals surface area contributed by atoms with Crippen LogP contribution < -0.4 is 15.4 Å². The van der Waals surface area contributed by atoms with E-state index in [0.717, 1.165) is 20.2 Å². The fourth-order valence-corrected chi connectivity index (χ4v) is 4.25. The second-order valence-electron chi connectivity index (χ2n) is 5.90. The minimum absolute atomic E-state index is 0.120. The van der Waals surface area contributed by atoms with Gasteiger partial charge in [-0.25, -0.2) is 4.98 Å². The molecule has 3 aromatic rings. The largest absolute Gasteiger partial charge is 0.497 e. The number of nitrogens with one attached hydrogen (secondary N) is 2. The molecular weight excluding hydrogens is 474 g/mol. The number of benzene rings is 2. The van der Waals surface area contributed by atoms with Crippen LogP contribution >= 0.6 is 39.0 Å². The summed E-state index contributed by atoms with van der Waals surface area (Å²) in [6.07, 6.45) is 0.186. The summed E-state index contributed by atoms with van der Waals surface area (Å²) in [4.78, 5) is 28.7. The van der Waals surface area contributed by atoms with E-state index in [0.29, 0.717) is 11.4 Å².